The zero-order chi connectivity index (χ0) is 14.3. The number of hydrogen-bond acceptors (Lipinski definition) is 3. The van der Waals surface area contributed by atoms with Gasteiger partial charge in [0.05, 0.1) is 19.8 Å². The number of aliphatic imine (C=N–C) groups is 1. The lowest BCUT2D eigenvalue weighted by molar-refractivity contribution is -0.0945. The molecule has 0 radical (unpaired) electrons. The molecular weight excluding hydrogens is 381 g/mol. The average molecular weight is 411 g/mol. The van der Waals surface area contributed by atoms with Crippen LogP contribution in [0.5, 0.6) is 0 Å². The number of rotatable bonds is 9. The maximum absolute atomic E-state index is 5.62. The van der Waals surface area contributed by atoms with E-state index in [1.165, 1.54) is 12.8 Å². The van der Waals surface area contributed by atoms with Crippen LogP contribution in [-0.4, -0.2) is 52.0 Å². The fourth-order valence-corrected chi connectivity index (χ4v) is 2.07. The monoisotopic (exact) mass is 411 g/mol. The summed E-state index contributed by atoms with van der Waals surface area (Å²) in [5.41, 5.74) is 0.232. The van der Waals surface area contributed by atoms with Gasteiger partial charge in [-0.3, -0.25) is 4.99 Å². The fourth-order valence-electron chi connectivity index (χ4n) is 2.07. The molecule has 2 rings (SSSR count). The minimum Gasteiger partial charge on any atom is -0.381 e. The van der Waals surface area contributed by atoms with E-state index in [0.717, 1.165) is 64.4 Å². The highest BCUT2D eigenvalue weighted by Crippen LogP contribution is 2.28. The molecule has 0 aromatic carbocycles. The SMILES string of the molecule is CCNC(=NCC1(C)COC1)NCCCOCC1CC1.I. The van der Waals surface area contributed by atoms with E-state index in [1.807, 2.05) is 0 Å². The summed E-state index contributed by atoms with van der Waals surface area (Å²) < 4.78 is 10.9. The van der Waals surface area contributed by atoms with Crippen molar-refractivity contribution in [2.24, 2.45) is 16.3 Å². The molecule has 0 atom stereocenters. The summed E-state index contributed by atoms with van der Waals surface area (Å²) in [6.07, 6.45) is 3.74. The molecule has 1 aliphatic heterocycles. The van der Waals surface area contributed by atoms with Crippen LogP contribution in [0.15, 0.2) is 4.99 Å². The number of nitrogens with zero attached hydrogens (tertiary/aromatic N) is 1. The summed E-state index contributed by atoms with van der Waals surface area (Å²) >= 11 is 0. The number of ether oxygens (including phenoxy) is 2. The highest BCUT2D eigenvalue weighted by molar-refractivity contribution is 14.0. The second-order valence-corrected chi connectivity index (χ2v) is 6.30. The van der Waals surface area contributed by atoms with Gasteiger partial charge in [0.25, 0.3) is 0 Å². The molecule has 1 saturated carbocycles. The van der Waals surface area contributed by atoms with Crippen LogP contribution in [0.4, 0.5) is 0 Å². The molecule has 0 amide bonds. The second kappa shape index (κ2) is 9.84. The van der Waals surface area contributed by atoms with E-state index in [4.69, 9.17) is 9.47 Å². The Morgan fingerprint density at radius 2 is 2.10 bits per heavy atom. The van der Waals surface area contributed by atoms with E-state index in [9.17, 15) is 0 Å². The minimum atomic E-state index is 0. The largest absolute Gasteiger partial charge is 0.381 e. The molecule has 0 unspecified atom stereocenters. The lowest BCUT2D eigenvalue weighted by Gasteiger charge is -2.36. The summed E-state index contributed by atoms with van der Waals surface area (Å²) in [6, 6.07) is 0. The first kappa shape index (κ1) is 19.0. The number of guanidine groups is 1. The fraction of sp³-hybridized carbons (Fsp3) is 0.933. The van der Waals surface area contributed by atoms with Crippen molar-refractivity contribution in [1.29, 1.82) is 0 Å². The Bertz CT molecular complexity index is 318. The number of halogens is 1. The van der Waals surface area contributed by atoms with Gasteiger partial charge in [0, 0.05) is 31.7 Å². The van der Waals surface area contributed by atoms with Crippen LogP contribution in [0.25, 0.3) is 0 Å². The summed E-state index contributed by atoms with van der Waals surface area (Å²) in [6.45, 7) is 10.4. The van der Waals surface area contributed by atoms with Crippen molar-refractivity contribution >= 4 is 29.9 Å². The van der Waals surface area contributed by atoms with Gasteiger partial charge in [-0.2, -0.15) is 0 Å². The molecule has 0 bridgehead atoms. The molecule has 6 heteroatoms. The van der Waals surface area contributed by atoms with Crippen molar-refractivity contribution in [1.82, 2.24) is 10.6 Å². The predicted molar refractivity (Wildman–Crippen MR) is 96.5 cm³/mol. The van der Waals surface area contributed by atoms with Gasteiger partial charge in [-0.15, -0.1) is 24.0 Å². The van der Waals surface area contributed by atoms with Gasteiger partial charge >= 0.3 is 0 Å². The summed E-state index contributed by atoms with van der Waals surface area (Å²) in [7, 11) is 0. The van der Waals surface area contributed by atoms with E-state index in [2.05, 4.69) is 29.5 Å². The normalized spacial score (nSPS) is 20.4. The van der Waals surface area contributed by atoms with E-state index in [-0.39, 0.29) is 29.4 Å². The molecule has 1 aliphatic carbocycles. The molecule has 0 aromatic rings. The van der Waals surface area contributed by atoms with Gasteiger partial charge in [0.1, 0.15) is 0 Å². The first-order chi connectivity index (χ1) is 9.72. The molecule has 21 heavy (non-hydrogen) atoms. The molecule has 1 heterocycles. The van der Waals surface area contributed by atoms with Crippen LogP contribution in [0.2, 0.25) is 0 Å². The number of hydrogen-bond donors (Lipinski definition) is 2. The van der Waals surface area contributed by atoms with Crippen LogP contribution >= 0.6 is 24.0 Å². The zero-order valence-corrected chi connectivity index (χ0v) is 15.7. The van der Waals surface area contributed by atoms with E-state index < -0.39 is 0 Å². The molecule has 2 N–H and O–H groups in total. The zero-order valence-electron chi connectivity index (χ0n) is 13.3. The smallest absolute Gasteiger partial charge is 0.191 e. The third-order valence-corrected chi connectivity index (χ3v) is 3.67. The molecule has 124 valence electrons. The second-order valence-electron chi connectivity index (χ2n) is 6.30. The molecule has 2 fully saturated rings. The minimum absolute atomic E-state index is 0. The van der Waals surface area contributed by atoms with E-state index in [0.29, 0.717) is 0 Å². The predicted octanol–water partition coefficient (Wildman–Crippen LogP) is 2.01. The maximum Gasteiger partial charge on any atom is 0.191 e. The van der Waals surface area contributed by atoms with Crippen LogP contribution in [0.3, 0.4) is 0 Å². The van der Waals surface area contributed by atoms with Crippen molar-refractivity contribution < 1.29 is 9.47 Å². The highest BCUT2D eigenvalue weighted by atomic mass is 127. The van der Waals surface area contributed by atoms with Crippen molar-refractivity contribution in [2.45, 2.75) is 33.1 Å². The van der Waals surface area contributed by atoms with Gasteiger partial charge in [-0.1, -0.05) is 6.92 Å². The lowest BCUT2D eigenvalue weighted by atomic mass is 9.89. The van der Waals surface area contributed by atoms with Crippen LogP contribution in [0.1, 0.15) is 33.1 Å². The van der Waals surface area contributed by atoms with Gasteiger partial charge in [0.15, 0.2) is 5.96 Å². The van der Waals surface area contributed by atoms with Crippen molar-refractivity contribution in [3.8, 4) is 0 Å². The van der Waals surface area contributed by atoms with Crippen LogP contribution < -0.4 is 10.6 Å². The van der Waals surface area contributed by atoms with Crippen LogP contribution in [0, 0.1) is 11.3 Å². The van der Waals surface area contributed by atoms with E-state index >= 15 is 0 Å². The summed E-state index contributed by atoms with van der Waals surface area (Å²) in [5.74, 6) is 1.76. The third-order valence-electron chi connectivity index (χ3n) is 3.67. The van der Waals surface area contributed by atoms with Gasteiger partial charge < -0.3 is 20.1 Å². The molecule has 2 aliphatic rings. The number of nitrogens with one attached hydrogen (secondary N) is 2. The molecule has 0 aromatic heterocycles. The summed E-state index contributed by atoms with van der Waals surface area (Å²) in [5, 5.41) is 6.64. The Balaban J connectivity index is 0.00000220. The maximum atomic E-state index is 5.62. The third kappa shape index (κ3) is 7.65. The average Bonchev–Trinajstić information content (AvgIpc) is 3.21. The Morgan fingerprint density at radius 1 is 1.33 bits per heavy atom. The molecule has 5 nitrogen and oxygen atoms in total. The Hall–Kier alpha value is -0.0800. The van der Waals surface area contributed by atoms with Crippen molar-refractivity contribution in [2.75, 3.05) is 46.1 Å². The first-order valence-electron chi connectivity index (χ1n) is 7.89. The molecular formula is C15H30IN3O2. The van der Waals surface area contributed by atoms with Gasteiger partial charge in [-0.05, 0) is 32.1 Å². The Morgan fingerprint density at radius 3 is 2.67 bits per heavy atom. The Labute approximate surface area is 145 Å². The molecule has 0 spiro atoms. The van der Waals surface area contributed by atoms with E-state index in [1.54, 1.807) is 0 Å². The van der Waals surface area contributed by atoms with Crippen molar-refractivity contribution in [3.63, 3.8) is 0 Å². The van der Waals surface area contributed by atoms with Crippen molar-refractivity contribution in [3.05, 3.63) is 0 Å². The van der Waals surface area contributed by atoms with Gasteiger partial charge in [-0.25, -0.2) is 0 Å². The highest BCUT2D eigenvalue weighted by Gasteiger charge is 2.33. The molecule has 1 saturated heterocycles. The lowest BCUT2D eigenvalue weighted by Crippen LogP contribution is -2.44. The Kier molecular flexibility index (Phi) is 8.89. The topological polar surface area (TPSA) is 54.9 Å². The van der Waals surface area contributed by atoms with Crippen LogP contribution in [-0.2, 0) is 9.47 Å². The quantitative estimate of drug-likeness (QED) is 0.264. The summed E-state index contributed by atoms with van der Waals surface area (Å²) in [4.78, 5) is 4.64. The standard InChI is InChI=1S/C15H29N3O2.HI/c1-3-16-14(18-10-15(2)11-20-12-15)17-7-4-8-19-9-13-5-6-13;/h13H,3-12H2,1-2H3,(H2,16,17,18);1H. The first-order valence-corrected chi connectivity index (χ1v) is 7.89. The van der Waals surface area contributed by atoms with Gasteiger partial charge in [0.2, 0.25) is 0 Å².